The van der Waals surface area contributed by atoms with E-state index in [9.17, 15) is 0 Å². The van der Waals surface area contributed by atoms with Gasteiger partial charge in [0.2, 0.25) is 0 Å². The van der Waals surface area contributed by atoms with E-state index >= 15 is 0 Å². The Morgan fingerprint density at radius 3 is 2.68 bits per heavy atom. The smallest absolute Gasteiger partial charge is 0.192 e. The maximum absolute atomic E-state index is 9.03. The Bertz CT molecular complexity index is 828. The minimum Gasteiger partial charge on any atom is -0.239 e. The standard InChI is InChI=1S/C15H12ClN5S/c1-9-14(15-12(8-17)19-21-20-15)18-13(22-9)7-4-10-2-5-11(16)6-3-10/h2-3,5-6H,4,7H2,1H3,(H,19,20,21). The van der Waals surface area contributed by atoms with Crippen LogP contribution in [0.5, 0.6) is 0 Å². The Kier molecular flexibility index (Phi) is 4.18. The van der Waals surface area contributed by atoms with E-state index in [1.165, 1.54) is 5.56 Å². The summed E-state index contributed by atoms with van der Waals surface area (Å²) in [5.41, 5.74) is 2.76. The van der Waals surface area contributed by atoms with Crippen LogP contribution in [0, 0.1) is 18.3 Å². The molecule has 22 heavy (non-hydrogen) atoms. The van der Waals surface area contributed by atoms with Crippen molar-refractivity contribution < 1.29 is 0 Å². The molecule has 0 unspecified atom stereocenters. The molecule has 3 rings (SSSR count). The zero-order chi connectivity index (χ0) is 15.5. The molecule has 0 bridgehead atoms. The molecule has 0 fully saturated rings. The van der Waals surface area contributed by atoms with Gasteiger partial charge in [-0.2, -0.15) is 15.6 Å². The lowest BCUT2D eigenvalue weighted by atomic mass is 10.1. The fourth-order valence-electron chi connectivity index (χ4n) is 2.15. The van der Waals surface area contributed by atoms with E-state index in [1.54, 1.807) is 11.3 Å². The van der Waals surface area contributed by atoms with Crippen LogP contribution in [0.2, 0.25) is 5.02 Å². The van der Waals surface area contributed by atoms with E-state index in [0.717, 1.165) is 33.4 Å². The fraction of sp³-hybridized carbons (Fsp3) is 0.200. The van der Waals surface area contributed by atoms with Gasteiger partial charge in [0.05, 0.1) is 5.01 Å². The van der Waals surface area contributed by atoms with Gasteiger partial charge in [-0.05, 0) is 31.0 Å². The van der Waals surface area contributed by atoms with Crippen molar-refractivity contribution in [3.05, 3.63) is 50.4 Å². The van der Waals surface area contributed by atoms with Crippen molar-refractivity contribution in [1.82, 2.24) is 20.4 Å². The lowest BCUT2D eigenvalue weighted by Gasteiger charge is -1.99. The van der Waals surface area contributed by atoms with Crippen LogP contribution in [0.3, 0.4) is 0 Å². The molecule has 5 nitrogen and oxygen atoms in total. The summed E-state index contributed by atoms with van der Waals surface area (Å²) in [7, 11) is 0. The van der Waals surface area contributed by atoms with E-state index in [1.807, 2.05) is 37.3 Å². The summed E-state index contributed by atoms with van der Waals surface area (Å²) >= 11 is 7.51. The van der Waals surface area contributed by atoms with Gasteiger partial charge in [0.1, 0.15) is 11.8 Å². The molecule has 0 saturated heterocycles. The summed E-state index contributed by atoms with van der Waals surface area (Å²) in [6.45, 7) is 1.98. The van der Waals surface area contributed by atoms with Crippen molar-refractivity contribution in [3.8, 4) is 17.5 Å². The fourth-order valence-corrected chi connectivity index (χ4v) is 3.21. The summed E-state index contributed by atoms with van der Waals surface area (Å²) in [5.74, 6) is 0. The molecule has 1 N–H and O–H groups in total. The molecule has 0 amide bonds. The van der Waals surface area contributed by atoms with Gasteiger partial charge in [0.25, 0.3) is 0 Å². The summed E-state index contributed by atoms with van der Waals surface area (Å²) in [4.78, 5) is 5.65. The molecule has 0 aliphatic carbocycles. The molecule has 0 aliphatic rings. The number of hydrogen-bond donors (Lipinski definition) is 1. The predicted octanol–water partition coefficient (Wildman–Crippen LogP) is 3.55. The lowest BCUT2D eigenvalue weighted by Crippen LogP contribution is -1.91. The maximum atomic E-state index is 9.03. The number of thiazole rings is 1. The zero-order valence-electron chi connectivity index (χ0n) is 11.8. The molecule has 3 aromatic rings. The number of nitriles is 1. The van der Waals surface area contributed by atoms with Crippen molar-refractivity contribution in [2.24, 2.45) is 0 Å². The maximum Gasteiger partial charge on any atom is 0.192 e. The van der Waals surface area contributed by atoms with Crippen LogP contribution in [0.4, 0.5) is 0 Å². The minimum absolute atomic E-state index is 0.276. The van der Waals surface area contributed by atoms with E-state index in [2.05, 4.69) is 20.4 Å². The molecule has 0 radical (unpaired) electrons. The van der Waals surface area contributed by atoms with Gasteiger partial charge in [-0.15, -0.1) is 16.4 Å². The Morgan fingerprint density at radius 2 is 1.95 bits per heavy atom. The molecule has 110 valence electrons. The Hall–Kier alpha value is -2.23. The predicted molar refractivity (Wildman–Crippen MR) is 85.8 cm³/mol. The summed E-state index contributed by atoms with van der Waals surface area (Å²) in [6.07, 6.45) is 1.74. The number of hydrogen-bond acceptors (Lipinski definition) is 5. The molecule has 7 heteroatoms. The number of aromatic amines is 1. The van der Waals surface area contributed by atoms with Crippen LogP contribution >= 0.6 is 22.9 Å². The average molecular weight is 330 g/mol. The second-order valence-electron chi connectivity index (χ2n) is 4.77. The van der Waals surface area contributed by atoms with Gasteiger partial charge in [-0.25, -0.2) is 4.98 Å². The van der Waals surface area contributed by atoms with E-state index < -0.39 is 0 Å². The highest BCUT2D eigenvalue weighted by molar-refractivity contribution is 7.12. The first kappa shape index (κ1) is 14.7. The molecule has 1 aromatic carbocycles. The monoisotopic (exact) mass is 329 g/mol. The largest absolute Gasteiger partial charge is 0.239 e. The first-order chi connectivity index (χ1) is 10.7. The zero-order valence-corrected chi connectivity index (χ0v) is 13.4. The first-order valence-corrected chi connectivity index (χ1v) is 7.89. The third-order valence-electron chi connectivity index (χ3n) is 3.26. The van der Waals surface area contributed by atoms with Gasteiger partial charge in [-0.3, -0.25) is 0 Å². The topological polar surface area (TPSA) is 78.2 Å². The van der Waals surface area contributed by atoms with Crippen LogP contribution in [0.1, 0.15) is 21.1 Å². The number of rotatable bonds is 4. The van der Waals surface area contributed by atoms with Crippen molar-refractivity contribution in [3.63, 3.8) is 0 Å². The highest BCUT2D eigenvalue weighted by atomic mass is 35.5. The number of nitrogens with one attached hydrogen (secondary N) is 1. The normalized spacial score (nSPS) is 10.6. The highest BCUT2D eigenvalue weighted by Crippen LogP contribution is 2.28. The molecule has 0 atom stereocenters. The summed E-state index contributed by atoms with van der Waals surface area (Å²) < 4.78 is 0. The molecule has 0 spiro atoms. The molecule has 0 saturated carbocycles. The minimum atomic E-state index is 0.276. The summed E-state index contributed by atoms with van der Waals surface area (Å²) in [6, 6.07) is 9.85. The number of halogens is 1. The summed E-state index contributed by atoms with van der Waals surface area (Å²) in [5, 5.41) is 21.1. The van der Waals surface area contributed by atoms with Crippen LogP contribution in [0.15, 0.2) is 24.3 Å². The van der Waals surface area contributed by atoms with Gasteiger partial charge < -0.3 is 0 Å². The third kappa shape index (κ3) is 3.01. The van der Waals surface area contributed by atoms with Crippen LogP contribution in [-0.4, -0.2) is 20.4 Å². The molecule has 2 heterocycles. The second kappa shape index (κ2) is 6.26. The SMILES string of the molecule is Cc1sc(CCc2ccc(Cl)cc2)nc1-c1n[nH]nc1C#N. The van der Waals surface area contributed by atoms with Gasteiger partial charge in [-0.1, -0.05) is 23.7 Å². The number of aryl methyl sites for hydroxylation is 3. The van der Waals surface area contributed by atoms with Crippen LogP contribution in [-0.2, 0) is 12.8 Å². The number of aromatic nitrogens is 4. The van der Waals surface area contributed by atoms with Gasteiger partial charge in [0, 0.05) is 16.3 Å². The van der Waals surface area contributed by atoms with Crippen LogP contribution < -0.4 is 0 Å². The molecular weight excluding hydrogens is 318 g/mol. The van der Waals surface area contributed by atoms with Crippen molar-refractivity contribution in [2.75, 3.05) is 0 Å². The van der Waals surface area contributed by atoms with Gasteiger partial charge >= 0.3 is 0 Å². The van der Waals surface area contributed by atoms with E-state index in [4.69, 9.17) is 16.9 Å². The highest BCUT2D eigenvalue weighted by Gasteiger charge is 2.17. The first-order valence-electron chi connectivity index (χ1n) is 6.69. The van der Waals surface area contributed by atoms with Crippen molar-refractivity contribution in [2.45, 2.75) is 19.8 Å². The molecule has 2 aromatic heterocycles. The van der Waals surface area contributed by atoms with Crippen molar-refractivity contribution >= 4 is 22.9 Å². The third-order valence-corrected chi connectivity index (χ3v) is 4.54. The Balaban J connectivity index is 1.78. The van der Waals surface area contributed by atoms with E-state index in [-0.39, 0.29) is 5.69 Å². The Morgan fingerprint density at radius 1 is 1.18 bits per heavy atom. The lowest BCUT2D eigenvalue weighted by molar-refractivity contribution is 0.931. The average Bonchev–Trinajstić information content (AvgIpc) is 3.12. The van der Waals surface area contributed by atoms with Gasteiger partial charge in [0.15, 0.2) is 11.4 Å². The molecular formula is C15H12ClN5S. The van der Waals surface area contributed by atoms with E-state index in [0.29, 0.717) is 5.69 Å². The molecule has 0 aliphatic heterocycles. The quantitative estimate of drug-likeness (QED) is 0.794. The number of benzene rings is 1. The number of nitrogens with zero attached hydrogens (tertiary/aromatic N) is 4. The second-order valence-corrected chi connectivity index (χ2v) is 6.50. The van der Waals surface area contributed by atoms with Crippen molar-refractivity contribution in [1.29, 1.82) is 5.26 Å². The van der Waals surface area contributed by atoms with Crippen LogP contribution in [0.25, 0.3) is 11.4 Å². The number of H-pyrrole nitrogens is 1. The Labute approximate surface area is 136 Å².